The Labute approximate surface area is 173 Å². The van der Waals surface area contributed by atoms with Crippen LogP contribution in [0.3, 0.4) is 0 Å². The van der Waals surface area contributed by atoms with E-state index in [2.05, 4.69) is 25.5 Å². The second-order valence-corrected chi connectivity index (χ2v) is 7.93. The molecule has 0 aliphatic carbocycles. The molecule has 3 aromatic rings. The molecule has 2 N–H and O–H groups in total. The van der Waals surface area contributed by atoms with Crippen molar-refractivity contribution in [3.05, 3.63) is 40.4 Å². The highest BCUT2D eigenvalue weighted by atomic mass is 35.5. The Morgan fingerprint density at radius 2 is 1.82 bits per heavy atom. The smallest absolute Gasteiger partial charge is 0.185 e. The van der Waals surface area contributed by atoms with Crippen LogP contribution in [-0.4, -0.2) is 62.6 Å². The van der Waals surface area contributed by atoms with Crippen LogP contribution in [0.25, 0.3) is 17.0 Å². The van der Waals surface area contributed by atoms with Gasteiger partial charge in [-0.2, -0.15) is 4.52 Å². The van der Waals surface area contributed by atoms with Gasteiger partial charge in [0.25, 0.3) is 0 Å². The van der Waals surface area contributed by atoms with E-state index in [4.69, 9.17) is 28.3 Å². The van der Waals surface area contributed by atoms with Gasteiger partial charge >= 0.3 is 0 Å². The van der Waals surface area contributed by atoms with Crippen LogP contribution in [-0.2, 0) is 0 Å². The molecule has 2 aromatic heterocycles. The molecule has 0 amide bonds. The predicted molar refractivity (Wildman–Crippen MR) is 111 cm³/mol. The molecule has 0 spiro atoms. The van der Waals surface area contributed by atoms with Gasteiger partial charge in [-0.05, 0) is 62.2 Å². The molecule has 1 saturated heterocycles. The van der Waals surface area contributed by atoms with Gasteiger partial charge in [0.2, 0.25) is 0 Å². The summed E-state index contributed by atoms with van der Waals surface area (Å²) in [4.78, 5) is 2.31. The molecule has 1 fully saturated rings. The summed E-state index contributed by atoms with van der Waals surface area (Å²) in [6, 6.07) is 9.08. The van der Waals surface area contributed by atoms with E-state index in [1.807, 2.05) is 12.1 Å². The molecule has 0 radical (unpaired) electrons. The van der Waals surface area contributed by atoms with Crippen LogP contribution < -0.4 is 5.32 Å². The van der Waals surface area contributed by atoms with Crippen LogP contribution >= 0.6 is 23.2 Å². The average Bonchev–Trinajstić information content (AvgIpc) is 3.10. The topological polar surface area (TPSA) is 78.6 Å². The zero-order valence-electron chi connectivity index (χ0n) is 15.4. The molecule has 1 aromatic carbocycles. The van der Waals surface area contributed by atoms with Crippen molar-refractivity contribution in [3.8, 4) is 11.4 Å². The van der Waals surface area contributed by atoms with Crippen molar-refractivity contribution in [3.63, 3.8) is 0 Å². The van der Waals surface area contributed by atoms with E-state index in [1.54, 1.807) is 22.7 Å². The van der Waals surface area contributed by atoms with Gasteiger partial charge in [-0.15, -0.1) is 15.3 Å². The molecule has 28 heavy (non-hydrogen) atoms. The molecule has 0 atom stereocenters. The van der Waals surface area contributed by atoms with Gasteiger partial charge < -0.3 is 15.3 Å². The third-order valence-electron chi connectivity index (χ3n) is 5.08. The summed E-state index contributed by atoms with van der Waals surface area (Å²) in [6.45, 7) is 3.93. The van der Waals surface area contributed by atoms with Crippen molar-refractivity contribution in [2.24, 2.45) is 5.92 Å². The maximum Gasteiger partial charge on any atom is 0.185 e. The maximum atomic E-state index is 9.05. The normalized spacial score (nSPS) is 16.0. The Morgan fingerprint density at radius 1 is 1.07 bits per heavy atom. The quantitative estimate of drug-likeness (QED) is 0.637. The van der Waals surface area contributed by atoms with Crippen LogP contribution in [0.4, 0.5) is 5.82 Å². The van der Waals surface area contributed by atoms with E-state index in [1.165, 1.54) is 0 Å². The van der Waals surface area contributed by atoms with Crippen LogP contribution in [0.5, 0.6) is 0 Å². The number of hydrogen-bond donors (Lipinski definition) is 2. The van der Waals surface area contributed by atoms with Crippen molar-refractivity contribution in [2.75, 3.05) is 38.1 Å². The highest BCUT2D eigenvalue weighted by Crippen LogP contribution is 2.26. The monoisotopic (exact) mass is 420 g/mol. The molecule has 0 unspecified atom stereocenters. The fourth-order valence-corrected chi connectivity index (χ4v) is 4.08. The van der Waals surface area contributed by atoms with E-state index in [-0.39, 0.29) is 6.61 Å². The van der Waals surface area contributed by atoms with Gasteiger partial charge in [0.05, 0.1) is 6.61 Å². The lowest BCUT2D eigenvalue weighted by atomic mass is 9.97. The van der Waals surface area contributed by atoms with Gasteiger partial charge in [-0.3, -0.25) is 0 Å². The Morgan fingerprint density at radius 3 is 2.54 bits per heavy atom. The van der Waals surface area contributed by atoms with Gasteiger partial charge in [0.15, 0.2) is 11.5 Å². The average molecular weight is 421 g/mol. The lowest BCUT2D eigenvalue weighted by Crippen LogP contribution is -2.37. The van der Waals surface area contributed by atoms with Crippen LogP contribution in [0.15, 0.2) is 30.3 Å². The molecule has 4 rings (SSSR count). The third kappa shape index (κ3) is 4.38. The molecular weight excluding hydrogens is 399 g/mol. The lowest BCUT2D eigenvalue weighted by molar-refractivity contribution is 0.151. The number of nitrogens with one attached hydrogen (secondary N) is 1. The van der Waals surface area contributed by atoms with Crippen LogP contribution in [0.1, 0.15) is 12.8 Å². The molecule has 0 bridgehead atoms. The summed E-state index contributed by atoms with van der Waals surface area (Å²) < 4.78 is 1.70. The summed E-state index contributed by atoms with van der Waals surface area (Å²) in [5, 5.41) is 26.6. The number of anilines is 1. The number of piperidine rings is 1. The number of aliphatic hydroxyl groups is 1. The van der Waals surface area contributed by atoms with Crippen LogP contribution in [0, 0.1) is 5.92 Å². The number of nitrogens with zero attached hydrogens (tertiary/aromatic N) is 5. The number of benzene rings is 1. The number of rotatable bonds is 6. The number of aromatic nitrogens is 4. The summed E-state index contributed by atoms with van der Waals surface area (Å²) in [5.74, 6) is 1.97. The molecule has 1 aliphatic heterocycles. The highest BCUT2D eigenvalue weighted by molar-refractivity contribution is 6.35. The maximum absolute atomic E-state index is 9.05. The SMILES string of the molecule is OCCN1CCC(CNc2ccc3nnc(-c4cc(Cl)cc(Cl)c4)n3n2)CC1. The first-order valence-electron chi connectivity index (χ1n) is 9.38. The van der Waals surface area contributed by atoms with E-state index < -0.39 is 0 Å². The molecule has 7 nitrogen and oxygen atoms in total. The first kappa shape index (κ1) is 19.4. The van der Waals surface area contributed by atoms with E-state index in [0.29, 0.717) is 27.4 Å². The Hall–Kier alpha value is -1.93. The summed E-state index contributed by atoms with van der Waals surface area (Å²) in [6.07, 6.45) is 2.24. The zero-order valence-corrected chi connectivity index (χ0v) is 16.9. The minimum Gasteiger partial charge on any atom is -0.395 e. The number of aliphatic hydroxyl groups excluding tert-OH is 1. The fraction of sp³-hybridized carbons (Fsp3) is 0.421. The van der Waals surface area contributed by atoms with Gasteiger partial charge in [-0.1, -0.05) is 23.2 Å². The molecule has 1 aliphatic rings. The standard InChI is InChI=1S/C19H22Cl2N6O/c20-15-9-14(10-16(21)11-15)19-24-23-18-2-1-17(25-27(18)19)22-12-13-3-5-26(6-4-13)7-8-28/h1-2,9-11,13,28H,3-8,12H2,(H,22,25). The molecular formula is C19H22Cl2N6O. The second kappa shape index (κ2) is 8.61. The summed E-state index contributed by atoms with van der Waals surface area (Å²) in [5.41, 5.74) is 1.43. The van der Waals surface area contributed by atoms with Crippen molar-refractivity contribution in [1.82, 2.24) is 24.7 Å². The number of halogens is 2. The van der Waals surface area contributed by atoms with Crippen LogP contribution in [0.2, 0.25) is 10.0 Å². The minimum atomic E-state index is 0.228. The highest BCUT2D eigenvalue weighted by Gasteiger charge is 2.19. The number of fused-ring (bicyclic) bond motifs is 1. The lowest BCUT2D eigenvalue weighted by Gasteiger charge is -2.31. The fourth-order valence-electron chi connectivity index (χ4n) is 3.55. The third-order valence-corrected chi connectivity index (χ3v) is 5.52. The number of hydrogen-bond acceptors (Lipinski definition) is 6. The first-order chi connectivity index (χ1) is 13.6. The van der Waals surface area contributed by atoms with Crippen molar-refractivity contribution in [2.45, 2.75) is 12.8 Å². The van der Waals surface area contributed by atoms with E-state index in [9.17, 15) is 0 Å². The Balaban J connectivity index is 1.47. The Bertz CT molecular complexity index is 934. The van der Waals surface area contributed by atoms with E-state index >= 15 is 0 Å². The van der Waals surface area contributed by atoms with Crippen molar-refractivity contribution >= 4 is 34.7 Å². The zero-order chi connectivity index (χ0) is 19.5. The van der Waals surface area contributed by atoms with Crippen molar-refractivity contribution < 1.29 is 5.11 Å². The molecule has 9 heteroatoms. The predicted octanol–water partition coefficient (Wildman–Crippen LogP) is 3.21. The van der Waals surface area contributed by atoms with E-state index in [0.717, 1.165) is 50.4 Å². The largest absolute Gasteiger partial charge is 0.395 e. The molecule has 0 saturated carbocycles. The second-order valence-electron chi connectivity index (χ2n) is 7.06. The van der Waals surface area contributed by atoms with Gasteiger partial charge in [-0.25, -0.2) is 0 Å². The Kier molecular flexibility index (Phi) is 5.96. The van der Waals surface area contributed by atoms with Gasteiger partial charge in [0.1, 0.15) is 5.82 Å². The summed E-state index contributed by atoms with van der Waals surface area (Å²) in [7, 11) is 0. The number of likely N-dealkylation sites (tertiary alicyclic amines) is 1. The minimum absolute atomic E-state index is 0.228. The first-order valence-corrected chi connectivity index (χ1v) is 10.1. The molecule has 3 heterocycles. The summed E-state index contributed by atoms with van der Waals surface area (Å²) >= 11 is 12.2. The number of β-amino-alcohol motifs (C(OH)–C–C–N with tert-alkyl or cyclic N) is 1. The van der Waals surface area contributed by atoms with Crippen molar-refractivity contribution in [1.29, 1.82) is 0 Å². The van der Waals surface area contributed by atoms with Gasteiger partial charge in [0, 0.05) is 28.7 Å². The molecule has 148 valence electrons.